The molecule has 20 heavy (non-hydrogen) atoms. The summed E-state index contributed by atoms with van der Waals surface area (Å²) in [5.74, 6) is 0.810. The fourth-order valence-electron chi connectivity index (χ4n) is 1.89. The molecule has 1 aliphatic rings. The minimum absolute atomic E-state index is 0.628. The number of hydrogen-bond donors (Lipinski definition) is 1. The molecule has 0 amide bonds. The molecule has 1 N–H and O–H groups in total. The van der Waals surface area contributed by atoms with Crippen molar-refractivity contribution in [1.82, 2.24) is 10.3 Å². The van der Waals surface area contributed by atoms with Crippen molar-refractivity contribution < 1.29 is 4.74 Å². The van der Waals surface area contributed by atoms with Crippen molar-refractivity contribution in [2.24, 2.45) is 0 Å². The van der Waals surface area contributed by atoms with E-state index in [2.05, 4.69) is 10.3 Å². The minimum atomic E-state index is 0.628. The summed E-state index contributed by atoms with van der Waals surface area (Å²) in [7, 11) is 0. The second-order valence-corrected chi connectivity index (χ2v) is 6.57. The quantitative estimate of drug-likeness (QED) is 0.847. The molecule has 3 nitrogen and oxygen atoms in total. The number of rotatable bonds is 7. The van der Waals surface area contributed by atoms with Gasteiger partial charge in [-0.1, -0.05) is 17.7 Å². The monoisotopic (exact) mass is 308 g/mol. The number of benzene rings is 1. The Morgan fingerprint density at radius 1 is 1.40 bits per heavy atom. The summed E-state index contributed by atoms with van der Waals surface area (Å²) in [6, 6.07) is 8.22. The van der Waals surface area contributed by atoms with E-state index in [4.69, 9.17) is 16.3 Å². The molecule has 1 aromatic heterocycles. The Morgan fingerprint density at radius 2 is 2.30 bits per heavy atom. The van der Waals surface area contributed by atoms with Gasteiger partial charge in [-0.05, 0) is 31.0 Å². The molecule has 0 spiro atoms. The first-order valence-corrected chi connectivity index (χ1v) is 8.04. The van der Waals surface area contributed by atoms with E-state index in [1.807, 2.05) is 30.5 Å². The molecule has 0 saturated heterocycles. The van der Waals surface area contributed by atoms with Gasteiger partial charge in [0.15, 0.2) is 0 Å². The van der Waals surface area contributed by atoms with Gasteiger partial charge in [-0.25, -0.2) is 4.98 Å². The van der Waals surface area contributed by atoms with Crippen LogP contribution in [0.5, 0.6) is 5.75 Å². The molecule has 0 atom stereocenters. The van der Waals surface area contributed by atoms with Gasteiger partial charge in [-0.15, -0.1) is 11.3 Å². The van der Waals surface area contributed by atoms with Gasteiger partial charge in [0.1, 0.15) is 5.75 Å². The Morgan fingerprint density at radius 3 is 3.10 bits per heavy atom. The first-order chi connectivity index (χ1) is 9.79. The van der Waals surface area contributed by atoms with Gasteiger partial charge in [0.25, 0.3) is 0 Å². The lowest BCUT2D eigenvalue weighted by Crippen LogP contribution is -2.14. The number of nitrogens with one attached hydrogen (secondary N) is 1. The van der Waals surface area contributed by atoms with Crippen molar-refractivity contribution in [2.75, 3.05) is 6.61 Å². The number of thiazole rings is 1. The zero-order valence-corrected chi connectivity index (χ0v) is 12.7. The molecule has 5 heteroatoms. The van der Waals surface area contributed by atoms with Gasteiger partial charge in [0.2, 0.25) is 0 Å². The normalized spacial score (nSPS) is 14.4. The van der Waals surface area contributed by atoms with Crippen LogP contribution in [-0.4, -0.2) is 17.6 Å². The summed E-state index contributed by atoms with van der Waals surface area (Å²) in [4.78, 5) is 5.74. The molecule has 0 bridgehead atoms. The predicted molar refractivity (Wildman–Crippen MR) is 82.6 cm³/mol. The van der Waals surface area contributed by atoms with Crippen molar-refractivity contribution in [3.8, 4) is 5.75 Å². The third-order valence-electron chi connectivity index (χ3n) is 3.12. The molecule has 0 aliphatic heterocycles. The smallest absolute Gasteiger partial charge is 0.120 e. The van der Waals surface area contributed by atoms with Crippen LogP contribution in [-0.2, 0) is 13.0 Å². The van der Waals surface area contributed by atoms with Gasteiger partial charge in [0.05, 0.1) is 11.6 Å². The van der Waals surface area contributed by atoms with Crippen molar-refractivity contribution in [2.45, 2.75) is 31.8 Å². The SMILES string of the molecule is Clc1cccc(OCCc2ncc(CNC3CC3)s2)c1. The average Bonchev–Trinajstić information content (AvgIpc) is 3.16. The summed E-state index contributed by atoms with van der Waals surface area (Å²) in [6.45, 7) is 1.57. The number of nitrogens with zero attached hydrogens (tertiary/aromatic N) is 1. The predicted octanol–water partition coefficient (Wildman–Crippen LogP) is 3.67. The first kappa shape index (κ1) is 13.9. The lowest BCUT2D eigenvalue weighted by atomic mass is 10.3. The van der Waals surface area contributed by atoms with E-state index in [9.17, 15) is 0 Å². The number of ether oxygens (including phenoxy) is 1. The first-order valence-electron chi connectivity index (χ1n) is 6.85. The third kappa shape index (κ3) is 4.20. The second-order valence-electron chi connectivity index (χ2n) is 4.93. The fraction of sp³-hybridized carbons (Fsp3) is 0.400. The molecule has 1 saturated carbocycles. The third-order valence-corrected chi connectivity index (χ3v) is 4.42. The van der Waals surface area contributed by atoms with E-state index < -0.39 is 0 Å². The topological polar surface area (TPSA) is 34.1 Å². The van der Waals surface area contributed by atoms with E-state index >= 15 is 0 Å². The van der Waals surface area contributed by atoms with Crippen molar-refractivity contribution in [3.05, 3.63) is 45.4 Å². The molecular formula is C15H17ClN2OS. The van der Waals surface area contributed by atoms with Gasteiger partial charge in [-0.2, -0.15) is 0 Å². The molecule has 0 unspecified atom stereocenters. The Balaban J connectivity index is 1.43. The Hall–Kier alpha value is -1.10. The van der Waals surface area contributed by atoms with Gasteiger partial charge < -0.3 is 10.1 Å². The Labute approximate surface area is 127 Å². The van der Waals surface area contributed by atoms with E-state index in [0.717, 1.165) is 29.8 Å². The second kappa shape index (κ2) is 6.57. The zero-order chi connectivity index (χ0) is 13.8. The molecule has 0 radical (unpaired) electrons. The standard InChI is InChI=1S/C15H17ClN2OS/c16-11-2-1-3-13(8-11)19-7-6-15-18-10-14(20-15)9-17-12-4-5-12/h1-3,8,10,12,17H,4-7,9H2. The van der Waals surface area contributed by atoms with Crippen LogP contribution in [0.1, 0.15) is 22.7 Å². The number of halogens is 1. The average molecular weight is 309 g/mol. The van der Waals surface area contributed by atoms with Crippen LogP contribution in [0.2, 0.25) is 5.02 Å². The maximum absolute atomic E-state index is 5.91. The highest BCUT2D eigenvalue weighted by molar-refractivity contribution is 7.11. The summed E-state index contributed by atoms with van der Waals surface area (Å²) in [6.07, 6.45) is 5.44. The molecule has 1 aromatic carbocycles. The van der Waals surface area contributed by atoms with Crippen LogP contribution in [0.3, 0.4) is 0 Å². The Bertz CT molecular complexity index is 569. The maximum atomic E-state index is 5.91. The molecular weight excluding hydrogens is 292 g/mol. The maximum Gasteiger partial charge on any atom is 0.120 e. The highest BCUT2D eigenvalue weighted by atomic mass is 35.5. The zero-order valence-electron chi connectivity index (χ0n) is 11.1. The van der Waals surface area contributed by atoms with E-state index in [1.165, 1.54) is 17.7 Å². The van der Waals surface area contributed by atoms with Crippen molar-refractivity contribution in [1.29, 1.82) is 0 Å². The molecule has 2 aromatic rings. The van der Waals surface area contributed by atoms with Gasteiger partial charge in [-0.3, -0.25) is 0 Å². The molecule has 1 aliphatic carbocycles. The van der Waals surface area contributed by atoms with E-state index in [0.29, 0.717) is 11.6 Å². The van der Waals surface area contributed by atoms with Crippen LogP contribution >= 0.6 is 22.9 Å². The van der Waals surface area contributed by atoms with Crippen LogP contribution in [0.15, 0.2) is 30.5 Å². The lowest BCUT2D eigenvalue weighted by molar-refractivity contribution is 0.322. The van der Waals surface area contributed by atoms with Crippen LogP contribution in [0.4, 0.5) is 0 Å². The van der Waals surface area contributed by atoms with Crippen LogP contribution < -0.4 is 10.1 Å². The lowest BCUT2D eigenvalue weighted by Gasteiger charge is -2.04. The fourth-order valence-corrected chi connectivity index (χ4v) is 2.93. The van der Waals surface area contributed by atoms with Crippen molar-refractivity contribution >= 4 is 22.9 Å². The Kier molecular flexibility index (Phi) is 4.55. The van der Waals surface area contributed by atoms with Gasteiger partial charge in [0, 0.05) is 35.1 Å². The summed E-state index contributed by atoms with van der Waals surface area (Å²) >= 11 is 7.67. The minimum Gasteiger partial charge on any atom is -0.493 e. The van der Waals surface area contributed by atoms with Gasteiger partial charge >= 0.3 is 0 Å². The summed E-state index contributed by atoms with van der Waals surface area (Å²) < 4.78 is 5.67. The van der Waals surface area contributed by atoms with Crippen LogP contribution in [0, 0.1) is 0 Å². The highest BCUT2D eigenvalue weighted by Crippen LogP contribution is 2.21. The number of aromatic nitrogens is 1. The highest BCUT2D eigenvalue weighted by Gasteiger charge is 2.20. The summed E-state index contributed by atoms with van der Waals surface area (Å²) in [5, 5.41) is 5.32. The van der Waals surface area contributed by atoms with Crippen molar-refractivity contribution in [3.63, 3.8) is 0 Å². The molecule has 1 heterocycles. The van der Waals surface area contributed by atoms with E-state index in [1.54, 1.807) is 11.3 Å². The summed E-state index contributed by atoms with van der Waals surface area (Å²) in [5.41, 5.74) is 0. The van der Waals surface area contributed by atoms with E-state index in [-0.39, 0.29) is 0 Å². The molecule has 3 rings (SSSR count). The molecule has 1 fully saturated rings. The molecule has 106 valence electrons. The van der Waals surface area contributed by atoms with Crippen LogP contribution in [0.25, 0.3) is 0 Å². The number of hydrogen-bond acceptors (Lipinski definition) is 4. The largest absolute Gasteiger partial charge is 0.493 e.